The Hall–Kier alpha value is -1.06. The number of carbonyl (C=O) groups is 2. The van der Waals surface area contributed by atoms with Crippen LogP contribution in [0.5, 0.6) is 0 Å². The van der Waals surface area contributed by atoms with E-state index in [2.05, 4.69) is 4.74 Å². The highest BCUT2D eigenvalue weighted by Gasteiger charge is 2.81. The molecule has 0 aromatic heterocycles. The minimum atomic E-state index is -0.772. The van der Waals surface area contributed by atoms with Crippen LogP contribution in [0.1, 0.15) is 19.8 Å². The van der Waals surface area contributed by atoms with Gasteiger partial charge in [0, 0.05) is 0 Å². The van der Waals surface area contributed by atoms with Crippen molar-refractivity contribution in [2.45, 2.75) is 19.8 Å². The number of carboxylic acids is 1. The van der Waals surface area contributed by atoms with Gasteiger partial charge in [0.05, 0.1) is 17.9 Å². The Kier molecular flexibility index (Phi) is 1.35. The molecule has 4 nitrogen and oxygen atoms in total. The Morgan fingerprint density at radius 3 is 2.23 bits per heavy atom. The number of methoxy groups -OCH3 is 1. The van der Waals surface area contributed by atoms with Gasteiger partial charge in [-0.05, 0) is 18.8 Å². The molecule has 2 bridgehead atoms. The molecule has 3 saturated carbocycles. The number of hydrogen-bond acceptors (Lipinski definition) is 3. The molecule has 1 N–H and O–H groups in total. The molecule has 0 aliphatic heterocycles. The molecule has 3 aliphatic carbocycles. The summed E-state index contributed by atoms with van der Waals surface area (Å²) >= 11 is 0. The Bertz CT molecular complexity index is 288. The lowest BCUT2D eigenvalue weighted by Gasteiger charge is -2.71. The molecule has 3 fully saturated rings. The first kappa shape index (κ1) is 8.53. The van der Waals surface area contributed by atoms with E-state index < -0.39 is 16.8 Å². The zero-order chi connectivity index (χ0) is 9.85. The quantitative estimate of drug-likeness (QED) is 0.640. The summed E-state index contributed by atoms with van der Waals surface area (Å²) in [6.45, 7) is 1.82. The Morgan fingerprint density at radius 1 is 1.38 bits per heavy atom. The minimum absolute atomic E-state index is 0.0649. The van der Waals surface area contributed by atoms with Gasteiger partial charge in [0.1, 0.15) is 0 Å². The third kappa shape index (κ3) is 0.641. The Morgan fingerprint density at radius 2 is 1.92 bits per heavy atom. The predicted octanol–water partition coefficient (Wildman–Crippen LogP) is 0.660. The fourth-order valence-electron chi connectivity index (χ4n) is 2.81. The monoisotopic (exact) mass is 184 g/mol. The zero-order valence-electron chi connectivity index (χ0n) is 7.66. The van der Waals surface area contributed by atoms with E-state index >= 15 is 0 Å². The molecule has 0 aromatic rings. The fourth-order valence-corrected chi connectivity index (χ4v) is 2.81. The van der Waals surface area contributed by atoms with Crippen LogP contribution in [-0.2, 0) is 14.3 Å². The molecule has 72 valence electrons. The summed E-state index contributed by atoms with van der Waals surface area (Å²) in [5.41, 5.74) is -1.08. The average molecular weight is 184 g/mol. The molecule has 0 amide bonds. The van der Waals surface area contributed by atoms with E-state index in [-0.39, 0.29) is 11.9 Å². The van der Waals surface area contributed by atoms with E-state index in [0.29, 0.717) is 12.8 Å². The lowest BCUT2D eigenvalue weighted by Crippen LogP contribution is -2.75. The van der Waals surface area contributed by atoms with Crippen molar-refractivity contribution in [2.24, 2.45) is 16.7 Å². The van der Waals surface area contributed by atoms with Crippen LogP contribution in [0.25, 0.3) is 0 Å². The van der Waals surface area contributed by atoms with Crippen molar-refractivity contribution < 1.29 is 19.4 Å². The maximum absolute atomic E-state index is 11.3. The summed E-state index contributed by atoms with van der Waals surface area (Å²) < 4.78 is 4.66. The van der Waals surface area contributed by atoms with Crippen molar-refractivity contribution in [1.29, 1.82) is 0 Å². The van der Waals surface area contributed by atoms with Crippen LogP contribution in [0.2, 0.25) is 0 Å². The van der Waals surface area contributed by atoms with Gasteiger partial charge in [0.2, 0.25) is 0 Å². The molecule has 3 aliphatic rings. The minimum Gasteiger partial charge on any atom is -0.481 e. The number of carboxylic acid groups (broad SMARTS) is 1. The van der Waals surface area contributed by atoms with E-state index in [4.69, 9.17) is 5.11 Å². The predicted molar refractivity (Wildman–Crippen MR) is 42.9 cm³/mol. The Balaban J connectivity index is 2.16. The topological polar surface area (TPSA) is 63.6 Å². The van der Waals surface area contributed by atoms with Crippen LogP contribution in [0.4, 0.5) is 0 Å². The average Bonchev–Trinajstić information content (AvgIpc) is 2.01. The maximum Gasteiger partial charge on any atom is 0.312 e. The second-order valence-corrected chi connectivity index (χ2v) is 4.18. The van der Waals surface area contributed by atoms with E-state index in [0.717, 1.165) is 0 Å². The van der Waals surface area contributed by atoms with E-state index in [1.165, 1.54) is 7.11 Å². The van der Waals surface area contributed by atoms with Crippen molar-refractivity contribution in [2.75, 3.05) is 7.11 Å². The second kappa shape index (κ2) is 2.05. The van der Waals surface area contributed by atoms with Crippen LogP contribution in [-0.4, -0.2) is 24.2 Å². The number of esters is 1. The number of hydrogen-bond donors (Lipinski definition) is 1. The van der Waals surface area contributed by atoms with Crippen LogP contribution < -0.4 is 0 Å². The van der Waals surface area contributed by atoms with Gasteiger partial charge in [-0.2, -0.15) is 0 Å². The van der Waals surface area contributed by atoms with Gasteiger partial charge < -0.3 is 9.84 Å². The van der Waals surface area contributed by atoms with Crippen LogP contribution >= 0.6 is 0 Å². The van der Waals surface area contributed by atoms with E-state index in [1.807, 2.05) is 6.92 Å². The van der Waals surface area contributed by atoms with E-state index in [9.17, 15) is 9.59 Å². The summed E-state index contributed by atoms with van der Waals surface area (Å²) in [7, 11) is 1.35. The summed E-state index contributed by atoms with van der Waals surface area (Å²) in [5.74, 6) is -1.08. The summed E-state index contributed by atoms with van der Waals surface area (Å²) in [6.07, 6.45) is 0.923. The summed E-state index contributed by atoms with van der Waals surface area (Å²) in [6, 6.07) is 0. The van der Waals surface area contributed by atoms with Crippen LogP contribution in [0.3, 0.4) is 0 Å². The summed E-state index contributed by atoms with van der Waals surface area (Å²) in [5, 5.41) is 8.92. The van der Waals surface area contributed by atoms with E-state index in [1.54, 1.807) is 0 Å². The highest BCUT2D eigenvalue weighted by molar-refractivity contribution is 5.91. The molecular weight excluding hydrogens is 172 g/mol. The second-order valence-electron chi connectivity index (χ2n) is 4.18. The van der Waals surface area contributed by atoms with Crippen LogP contribution in [0.15, 0.2) is 0 Å². The first-order valence-corrected chi connectivity index (χ1v) is 4.31. The van der Waals surface area contributed by atoms with Gasteiger partial charge in [-0.15, -0.1) is 0 Å². The molecule has 0 heterocycles. The number of ether oxygens (including phenoxy) is 1. The van der Waals surface area contributed by atoms with Crippen molar-refractivity contribution in [3.63, 3.8) is 0 Å². The van der Waals surface area contributed by atoms with Crippen LogP contribution in [0, 0.1) is 16.7 Å². The lowest BCUT2D eigenvalue weighted by atomic mass is 9.29. The molecule has 1 unspecified atom stereocenters. The number of aliphatic carboxylic acids is 1. The molecule has 4 heteroatoms. The van der Waals surface area contributed by atoms with Gasteiger partial charge in [-0.1, -0.05) is 6.92 Å². The largest absolute Gasteiger partial charge is 0.481 e. The van der Waals surface area contributed by atoms with Gasteiger partial charge in [0.25, 0.3) is 0 Å². The molecule has 0 aromatic carbocycles. The van der Waals surface area contributed by atoms with Gasteiger partial charge >= 0.3 is 11.9 Å². The maximum atomic E-state index is 11.3. The smallest absolute Gasteiger partial charge is 0.312 e. The zero-order valence-corrected chi connectivity index (χ0v) is 7.66. The fraction of sp³-hybridized carbons (Fsp3) is 0.778. The van der Waals surface area contributed by atoms with Crippen molar-refractivity contribution >= 4 is 11.9 Å². The van der Waals surface area contributed by atoms with Crippen molar-refractivity contribution in [3.8, 4) is 0 Å². The van der Waals surface area contributed by atoms with Gasteiger partial charge in [-0.3, -0.25) is 9.59 Å². The van der Waals surface area contributed by atoms with Crippen molar-refractivity contribution in [3.05, 3.63) is 0 Å². The van der Waals surface area contributed by atoms with Gasteiger partial charge in [0.15, 0.2) is 0 Å². The van der Waals surface area contributed by atoms with Crippen molar-refractivity contribution in [1.82, 2.24) is 0 Å². The van der Waals surface area contributed by atoms with Gasteiger partial charge in [-0.25, -0.2) is 0 Å². The third-order valence-corrected chi connectivity index (χ3v) is 3.94. The molecule has 0 spiro atoms. The highest BCUT2D eigenvalue weighted by atomic mass is 16.5. The molecule has 1 atom stereocenters. The lowest BCUT2D eigenvalue weighted by molar-refractivity contribution is -0.267. The molecular formula is C9H12O4. The SMILES string of the molecule is COC(=O)C12CC(C(=O)O)(C1)C2C. The molecule has 3 rings (SSSR count). The molecule has 0 saturated heterocycles. The standard InChI is InChI=1S/C9H12O4/c1-5-8(6(10)11)3-9(5,4-8)7(12)13-2/h5H,3-4H2,1-2H3,(H,10,11). The number of rotatable bonds is 2. The Labute approximate surface area is 75.9 Å². The normalized spacial score (nSPS) is 45.8. The summed E-state index contributed by atoms with van der Waals surface area (Å²) in [4.78, 5) is 22.2. The number of carbonyl (C=O) groups excluding carboxylic acids is 1. The molecule has 0 radical (unpaired) electrons. The molecule has 13 heavy (non-hydrogen) atoms. The highest BCUT2D eigenvalue weighted by Crippen LogP contribution is 2.77. The first-order valence-electron chi connectivity index (χ1n) is 4.31. The third-order valence-electron chi connectivity index (χ3n) is 3.94. The first-order chi connectivity index (χ1) is 5.99.